The first kappa shape index (κ1) is 15.0. The maximum atomic E-state index is 12.4. The Morgan fingerprint density at radius 3 is 2.50 bits per heavy atom. The Hall–Kier alpha value is -3.36. The zero-order valence-electron chi connectivity index (χ0n) is 11.8. The molecule has 22 heavy (non-hydrogen) atoms. The fourth-order valence-electron chi connectivity index (χ4n) is 1.80. The van der Waals surface area contributed by atoms with Crippen molar-refractivity contribution < 1.29 is 4.79 Å². The molecule has 2 rings (SSSR count). The van der Waals surface area contributed by atoms with Crippen molar-refractivity contribution in [2.75, 3.05) is 0 Å². The van der Waals surface area contributed by atoms with E-state index in [1.54, 1.807) is 20.8 Å². The Labute approximate surface area is 122 Å². The van der Waals surface area contributed by atoms with Crippen LogP contribution < -0.4 is 5.56 Å². The summed E-state index contributed by atoms with van der Waals surface area (Å²) in [7, 11) is 0. The minimum Gasteiger partial charge on any atom is -0.287 e. The van der Waals surface area contributed by atoms with E-state index in [9.17, 15) is 9.59 Å². The summed E-state index contributed by atoms with van der Waals surface area (Å²) in [6.07, 6.45) is 0. The van der Waals surface area contributed by atoms with Gasteiger partial charge in [-0.15, -0.1) is 10.2 Å². The van der Waals surface area contributed by atoms with E-state index in [1.165, 1.54) is 0 Å². The van der Waals surface area contributed by atoms with Crippen molar-refractivity contribution >= 4 is 17.4 Å². The van der Waals surface area contributed by atoms with E-state index in [0.717, 1.165) is 4.52 Å². The first-order valence-corrected chi connectivity index (χ1v) is 5.97. The predicted molar refractivity (Wildman–Crippen MR) is 74.6 cm³/mol. The maximum absolute atomic E-state index is 12.4. The van der Waals surface area contributed by atoms with Crippen molar-refractivity contribution in [1.82, 2.24) is 19.8 Å². The Balaban J connectivity index is 2.91. The molecule has 0 atom stereocenters. The largest absolute Gasteiger partial charge is 0.295 e. The summed E-state index contributed by atoms with van der Waals surface area (Å²) in [5.41, 5.74) is 15.4. The molecule has 0 aliphatic rings. The molecule has 0 saturated carbocycles. The molecule has 2 aromatic heterocycles. The quantitative estimate of drug-likeness (QED) is 0.507. The van der Waals surface area contributed by atoms with Gasteiger partial charge in [0.2, 0.25) is 0 Å². The number of carbonyl (C=O) groups is 1. The monoisotopic (exact) mass is 302 g/mol. The highest BCUT2D eigenvalue weighted by Crippen LogP contribution is 2.23. The summed E-state index contributed by atoms with van der Waals surface area (Å²) in [5, 5.41) is 16.3. The molecule has 2 aromatic rings. The van der Waals surface area contributed by atoms with Crippen molar-refractivity contribution in [3.8, 4) is 0 Å². The lowest BCUT2D eigenvalue weighted by molar-refractivity contribution is 0.100. The average Bonchev–Trinajstić information content (AvgIpc) is 2.77. The molecule has 1 N–H and O–H groups in total. The molecule has 0 aliphatic heterocycles. The summed E-state index contributed by atoms with van der Waals surface area (Å²) >= 11 is 0. The third-order valence-corrected chi connectivity index (χ3v) is 2.74. The van der Waals surface area contributed by atoms with Crippen LogP contribution in [0.15, 0.2) is 15.0 Å². The van der Waals surface area contributed by atoms with Gasteiger partial charge in [0.15, 0.2) is 5.65 Å². The van der Waals surface area contributed by atoms with Crippen LogP contribution in [0.1, 0.15) is 36.8 Å². The van der Waals surface area contributed by atoms with Crippen LogP contribution >= 0.6 is 0 Å². The molecule has 112 valence electrons. The van der Waals surface area contributed by atoms with E-state index < -0.39 is 16.9 Å². The van der Waals surface area contributed by atoms with Gasteiger partial charge >= 0.3 is 0 Å². The summed E-state index contributed by atoms with van der Waals surface area (Å²) in [4.78, 5) is 29.1. The van der Waals surface area contributed by atoms with Gasteiger partial charge < -0.3 is 0 Å². The van der Waals surface area contributed by atoms with Crippen molar-refractivity contribution in [3.05, 3.63) is 42.5 Å². The number of aromatic nitrogens is 4. The van der Waals surface area contributed by atoms with E-state index in [2.05, 4.69) is 35.3 Å². The van der Waals surface area contributed by atoms with Crippen molar-refractivity contribution in [1.29, 1.82) is 0 Å². The second-order valence-electron chi connectivity index (χ2n) is 5.28. The Morgan fingerprint density at radius 1 is 1.27 bits per heavy atom. The second kappa shape index (κ2) is 5.20. The highest BCUT2D eigenvalue weighted by atomic mass is 16.2. The molecular formula is C10H10N10O2. The number of H-pyrrole nitrogens is 1. The molecule has 0 unspecified atom stereocenters. The van der Waals surface area contributed by atoms with Crippen LogP contribution in [0.3, 0.4) is 0 Å². The molecular weight excluding hydrogens is 292 g/mol. The number of aromatic amines is 1. The summed E-state index contributed by atoms with van der Waals surface area (Å²) in [6, 6.07) is 0. The van der Waals surface area contributed by atoms with E-state index in [-0.39, 0.29) is 22.7 Å². The van der Waals surface area contributed by atoms with Gasteiger partial charge in [-0.3, -0.25) is 14.7 Å². The van der Waals surface area contributed by atoms with Crippen molar-refractivity contribution in [2.45, 2.75) is 26.2 Å². The van der Waals surface area contributed by atoms with E-state index in [1.807, 2.05) is 0 Å². The number of carbonyl (C=O) groups excluding carboxylic acids is 1. The van der Waals surface area contributed by atoms with Gasteiger partial charge in [0.05, 0.1) is 5.56 Å². The Kier molecular flexibility index (Phi) is 3.56. The maximum Gasteiger partial charge on any atom is 0.295 e. The fraction of sp³-hybridized carbons (Fsp3) is 0.400. The summed E-state index contributed by atoms with van der Waals surface area (Å²) < 4.78 is 0.928. The van der Waals surface area contributed by atoms with Crippen molar-refractivity contribution in [3.63, 3.8) is 0 Å². The number of nitrogens with zero attached hydrogens (tertiary/aromatic N) is 9. The van der Waals surface area contributed by atoms with Crippen molar-refractivity contribution in [2.24, 2.45) is 10.2 Å². The standard InChI is InChI=1S/C10H10N10O2/c1-10(2,3)5-9(22)20-7(15-13-5)4(8(21)16-19-12)6(17-20)14-18-11/h17H,1-3H3. The van der Waals surface area contributed by atoms with Crippen LogP contribution in [0, 0.1) is 0 Å². The molecule has 1 amide bonds. The van der Waals surface area contributed by atoms with Crippen LogP contribution in [0.2, 0.25) is 0 Å². The van der Waals surface area contributed by atoms with Gasteiger partial charge in [0.1, 0.15) is 11.5 Å². The lowest BCUT2D eigenvalue weighted by Gasteiger charge is -2.15. The van der Waals surface area contributed by atoms with Crippen LogP contribution in [-0.2, 0) is 5.41 Å². The molecule has 0 aromatic carbocycles. The second-order valence-corrected chi connectivity index (χ2v) is 5.28. The lowest BCUT2D eigenvalue weighted by atomic mass is 9.93. The first-order valence-electron chi connectivity index (χ1n) is 5.97. The molecule has 0 bridgehead atoms. The highest BCUT2D eigenvalue weighted by Gasteiger charge is 2.25. The number of hydrogen-bond acceptors (Lipinski definition) is 5. The third-order valence-electron chi connectivity index (χ3n) is 2.74. The summed E-state index contributed by atoms with van der Waals surface area (Å²) in [5.74, 6) is -1.32. The number of nitrogens with one attached hydrogen (secondary N) is 1. The zero-order valence-corrected chi connectivity index (χ0v) is 11.8. The van der Waals surface area contributed by atoms with Crippen LogP contribution in [0.4, 0.5) is 5.82 Å². The van der Waals surface area contributed by atoms with Gasteiger partial charge in [-0.05, 0) is 21.3 Å². The smallest absolute Gasteiger partial charge is 0.287 e. The van der Waals surface area contributed by atoms with Crippen LogP contribution in [0.5, 0.6) is 0 Å². The van der Waals surface area contributed by atoms with Gasteiger partial charge in [0, 0.05) is 15.2 Å². The predicted octanol–water partition coefficient (Wildman–Crippen LogP) is 2.11. The molecule has 0 radical (unpaired) electrons. The highest BCUT2D eigenvalue weighted by molar-refractivity contribution is 6.04. The van der Waals surface area contributed by atoms with E-state index in [4.69, 9.17) is 11.1 Å². The van der Waals surface area contributed by atoms with E-state index >= 15 is 0 Å². The van der Waals surface area contributed by atoms with Gasteiger partial charge in [-0.1, -0.05) is 20.8 Å². The molecule has 0 spiro atoms. The number of amides is 1. The molecule has 2 heterocycles. The SMILES string of the molecule is CC(C)(C)c1nnc2c(C(=O)N=[N+]=[N-])c(N=[N+]=[N-])[nH]n2c1=O. The van der Waals surface area contributed by atoms with E-state index in [0.29, 0.717) is 0 Å². The molecule has 12 heteroatoms. The molecule has 0 aliphatic carbocycles. The minimum atomic E-state index is -1.04. The number of rotatable bonds is 2. The summed E-state index contributed by atoms with van der Waals surface area (Å²) in [6.45, 7) is 5.32. The minimum absolute atomic E-state index is 0.154. The van der Waals surface area contributed by atoms with Gasteiger partial charge in [-0.25, -0.2) is 0 Å². The third kappa shape index (κ3) is 2.35. The average molecular weight is 302 g/mol. The fourth-order valence-corrected chi connectivity index (χ4v) is 1.80. The topological polar surface area (TPSA) is 178 Å². The number of hydrogen-bond donors (Lipinski definition) is 1. The van der Waals surface area contributed by atoms with Crippen LogP contribution in [0.25, 0.3) is 26.5 Å². The van der Waals surface area contributed by atoms with Gasteiger partial charge in [0.25, 0.3) is 11.5 Å². The first-order chi connectivity index (χ1) is 10.3. The molecule has 0 fully saturated rings. The normalized spacial score (nSPS) is 10.9. The zero-order chi connectivity index (χ0) is 16.5. The Bertz CT molecular complexity index is 918. The van der Waals surface area contributed by atoms with Gasteiger partial charge in [-0.2, -0.15) is 4.52 Å². The number of azide groups is 2. The Morgan fingerprint density at radius 2 is 1.95 bits per heavy atom. The lowest BCUT2D eigenvalue weighted by Crippen LogP contribution is -2.30. The molecule has 0 saturated heterocycles. The van der Waals surface area contributed by atoms with Crippen LogP contribution in [-0.4, -0.2) is 25.7 Å². The number of fused-ring (bicyclic) bond motifs is 1. The molecule has 12 nitrogen and oxygen atoms in total.